The molecule has 0 radical (unpaired) electrons. The lowest BCUT2D eigenvalue weighted by atomic mass is 10.0. The van der Waals surface area contributed by atoms with Crippen molar-refractivity contribution in [2.75, 3.05) is 13.1 Å². The fourth-order valence-corrected chi connectivity index (χ4v) is 3.26. The number of alkyl halides is 3. The van der Waals surface area contributed by atoms with Gasteiger partial charge in [0.2, 0.25) is 0 Å². The van der Waals surface area contributed by atoms with Gasteiger partial charge in [0.15, 0.2) is 0 Å². The Hall–Kier alpha value is -2.83. The minimum absolute atomic E-state index is 0.0885. The number of pyridine rings is 2. The first-order valence-electron chi connectivity index (χ1n) is 7.82. The average Bonchev–Trinajstić information content (AvgIpc) is 3.22. The highest BCUT2D eigenvalue weighted by Crippen LogP contribution is 2.34. The van der Waals surface area contributed by atoms with Gasteiger partial charge in [0, 0.05) is 42.0 Å². The van der Waals surface area contributed by atoms with Crippen molar-refractivity contribution in [3.63, 3.8) is 0 Å². The van der Waals surface area contributed by atoms with E-state index in [1.165, 1.54) is 0 Å². The van der Waals surface area contributed by atoms with Crippen molar-refractivity contribution < 1.29 is 13.2 Å². The smallest absolute Gasteiger partial charge is 0.367 e. The summed E-state index contributed by atoms with van der Waals surface area (Å²) in [6, 6.07) is 3.84. The zero-order valence-electron chi connectivity index (χ0n) is 13.3. The summed E-state index contributed by atoms with van der Waals surface area (Å²) < 4.78 is 37.8. The van der Waals surface area contributed by atoms with Crippen LogP contribution in [0.2, 0.25) is 0 Å². The van der Waals surface area contributed by atoms with E-state index in [1.807, 2.05) is 24.4 Å². The molecule has 0 aliphatic carbocycles. The van der Waals surface area contributed by atoms with Gasteiger partial charge in [-0.3, -0.25) is 4.98 Å². The number of nitrogens with one attached hydrogen (secondary N) is 1. The minimum Gasteiger partial charge on any atom is -0.367 e. The van der Waals surface area contributed by atoms with Crippen LogP contribution in [0.5, 0.6) is 0 Å². The third-order valence-electron chi connectivity index (χ3n) is 4.41. The molecular weight excluding hydrogens is 329 g/mol. The van der Waals surface area contributed by atoms with Gasteiger partial charge in [-0.1, -0.05) is 12.7 Å². The molecule has 0 saturated carbocycles. The number of hydrogen-bond donors (Lipinski definition) is 1. The number of H-pyrrole nitrogens is 1. The maximum Gasteiger partial charge on any atom is 0.394 e. The molecule has 0 atom stereocenters. The predicted molar refractivity (Wildman–Crippen MR) is 90.8 cm³/mol. The Morgan fingerprint density at radius 2 is 2.12 bits per heavy atom. The van der Waals surface area contributed by atoms with Crippen molar-refractivity contribution in [3.8, 4) is 0 Å². The Morgan fingerprint density at radius 1 is 1.28 bits per heavy atom. The molecular formula is C18H15F3N4. The molecule has 25 heavy (non-hydrogen) atoms. The number of hydrogen-bond acceptors (Lipinski definition) is 3. The quantitative estimate of drug-likeness (QED) is 0.771. The van der Waals surface area contributed by atoms with Crippen molar-refractivity contribution >= 4 is 27.5 Å². The van der Waals surface area contributed by atoms with Gasteiger partial charge in [0.25, 0.3) is 0 Å². The Morgan fingerprint density at radius 3 is 2.92 bits per heavy atom. The molecule has 1 aliphatic rings. The second-order valence-electron chi connectivity index (χ2n) is 6.08. The molecule has 0 saturated heterocycles. The normalized spacial score (nSPS) is 15.2. The maximum absolute atomic E-state index is 12.6. The summed E-state index contributed by atoms with van der Waals surface area (Å²) in [4.78, 5) is 13.4. The van der Waals surface area contributed by atoms with E-state index >= 15 is 0 Å². The number of fused-ring (bicyclic) bond motifs is 3. The molecule has 0 fully saturated rings. The standard InChI is InChI=1S/C18H15F3N4/c1-11(8-18(19,20)21)25-7-4-12(10-25)13-2-5-22-15-9-24-17-14(16(13)15)3-6-23-17/h2-6,9H,1,7-8,10H2,(H,23,24). The highest BCUT2D eigenvalue weighted by Gasteiger charge is 2.31. The van der Waals surface area contributed by atoms with Crippen molar-refractivity contribution in [2.45, 2.75) is 12.6 Å². The van der Waals surface area contributed by atoms with Crippen LogP contribution in [0, 0.1) is 0 Å². The molecule has 4 nitrogen and oxygen atoms in total. The van der Waals surface area contributed by atoms with Crippen LogP contribution in [0.4, 0.5) is 13.2 Å². The van der Waals surface area contributed by atoms with E-state index in [1.54, 1.807) is 17.3 Å². The molecule has 1 aliphatic heterocycles. The van der Waals surface area contributed by atoms with Crippen molar-refractivity contribution in [2.24, 2.45) is 0 Å². The number of halogens is 3. The van der Waals surface area contributed by atoms with Crippen LogP contribution in [0.15, 0.2) is 49.1 Å². The molecule has 3 aromatic rings. The Labute approximate surface area is 141 Å². The van der Waals surface area contributed by atoms with Crippen LogP contribution in [0.3, 0.4) is 0 Å². The largest absolute Gasteiger partial charge is 0.394 e. The Bertz CT molecular complexity index is 1000. The SMILES string of the molecule is C=C(CC(F)(F)F)N1CC=C(c2ccnc3cnc4[nH]ccc4c23)C1. The summed E-state index contributed by atoms with van der Waals surface area (Å²) in [5.74, 6) is 0. The molecule has 0 bridgehead atoms. The van der Waals surface area contributed by atoms with Gasteiger partial charge in [0.05, 0.1) is 18.1 Å². The molecule has 0 unspecified atom stereocenters. The molecule has 1 N–H and O–H groups in total. The zero-order valence-corrected chi connectivity index (χ0v) is 13.3. The second-order valence-corrected chi connectivity index (χ2v) is 6.08. The van der Waals surface area contributed by atoms with E-state index in [4.69, 9.17) is 0 Å². The van der Waals surface area contributed by atoms with Gasteiger partial charge in [0.1, 0.15) is 5.65 Å². The molecule has 4 heterocycles. The first-order chi connectivity index (χ1) is 11.9. The molecule has 7 heteroatoms. The summed E-state index contributed by atoms with van der Waals surface area (Å²) in [7, 11) is 0. The fraction of sp³-hybridized carbons (Fsp3) is 0.222. The second kappa shape index (κ2) is 5.61. The van der Waals surface area contributed by atoms with E-state index in [2.05, 4.69) is 21.5 Å². The molecule has 0 aromatic carbocycles. The van der Waals surface area contributed by atoms with Gasteiger partial charge in [-0.25, -0.2) is 4.98 Å². The average molecular weight is 344 g/mol. The van der Waals surface area contributed by atoms with E-state index in [0.29, 0.717) is 13.1 Å². The number of allylic oxidation sites excluding steroid dienone is 1. The van der Waals surface area contributed by atoms with Crippen LogP contribution in [0.1, 0.15) is 12.0 Å². The lowest BCUT2D eigenvalue weighted by Gasteiger charge is -2.22. The van der Waals surface area contributed by atoms with Crippen molar-refractivity contribution in [1.82, 2.24) is 19.9 Å². The first-order valence-corrected chi connectivity index (χ1v) is 7.82. The predicted octanol–water partition coefficient (Wildman–Crippen LogP) is 4.28. The molecule has 0 amide bonds. The number of nitrogens with zero attached hydrogens (tertiary/aromatic N) is 3. The minimum atomic E-state index is -4.24. The van der Waals surface area contributed by atoms with Crippen LogP contribution in [-0.2, 0) is 0 Å². The molecule has 0 spiro atoms. The van der Waals surface area contributed by atoms with Gasteiger partial charge >= 0.3 is 6.18 Å². The Kier molecular flexibility index (Phi) is 3.52. The fourth-order valence-electron chi connectivity index (χ4n) is 3.26. The van der Waals surface area contributed by atoms with Crippen molar-refractivity contribution in [1.29, 1.82) is 0 Å². The summed E-state index contributed by atoms with van der Waals surface area (Å²) >= 11 is 0. The summed E-state index contributed by atoms with van der Waals surface area (Å²) in [5.41, 5.74) is 3.56. The third kappa shape index (κ3) is 2.86. The van der Waals surface area contributed by atoms with Crippen LogP contribution < -0.4 is 0 Å². The van der Waals surface area contributed by atoms with Crippen LogP contribution >= 0.6 is 0 Å². The van der Waals surface area contributed by atoms with Gasteiger partial charge in [-0.05, 0) is 23.3 Å². The van der Waals surface area contributed by atoms with Crippen LogP contribution in [0.25, 0.3) is 27.5 Å². The third-order valence-corrected chi connectivity index (χ3v) is 4.41. The number of aromatic nitrogens is 3. The first kappa shape index (κ1) is 15.7. The number of aromatic amines is 1. The Balaban J connectivity index is 1.69. The van der Waals surface area contributed by atoms with Gasteiger partial charge < -0.3 is 9.88 Å². The summed E-state index contributed by atoms with van der Waals surface area (Å²) in [6.45, 7) is 4.43. The van der Waals surface area contributed by atoms with E-state index in [9.17, 15) is 13.2 Å². The summed E-state index contributed by atoms with van der Waals surface area (Å²) in [6.07, 6.45) is 1.94. The number of rotatable bonds is 3. The van der Waals surface area contributed by atoms with E-state index in [-0.39, 0.29) is 5.70 Å². The van der Waals surface area contributed by atoms with Gasteiger partial charge in [-0.2, -0.15) is 13.2 Å². The molecule has 128 valence electrons. The van der Waals surface area contributed by atoms with Crippen molar-refractivity contribution in [3.05, 3.63) is 54.6 Å². The van der Waals surface area contributed by atoms with Gasteiger partial charge in [-0.15, -0.1) is 0 Å². The lowest BCUT2D eigenvalue weighted by molar-refractivity contribution is -0.130. The van der Waals surface area contributed by atoms with Crippen LogP contribution in [-0.4, -0.2) is 39.1 Å². The zero-order chi connectivity index (χ0) is 17.6. The topological polar surface area (TPSA) is 44.8 Å². The van der Waals surface area contributed by atoms with E-state index < -0.39 is 12.6 Å². The van der Waals surface area contributed by atoms with E-state index in [0.717, 1.165) is 33.1 Å². The summed E-state index contributed by atoms with van der Waals surface area (Å²) in [5, 5.41) is 1.91. The highest BCUT2D eigenvalue weighted by atomic mass is 19.4. The monoisotopic (exact) mass is 344 g/mol. The molecule has 3 aromatic heterocycles. The maximum atomic E-state index is 12.6. The lowest BCUT2D eigenvalue weighted by Crippen LogP contribution is -2.23. The molecule has 4 rings (SSSR count). The highest BCUT2D eigenvalue weighted by molar-refractivity contribution is 6.08.